The number of fused-ring (bicyclic) bond motifs is 1. The number of esters is 1. The molecule has 2 aromatic rings. The van der Waals surface area contributed by atoms with Gasteiger partial charge in [-0.1, -0.05) is 23.2 Å². The summed E-state index contributed by atoms with van der Waals surface area (Å²) in [7, 11) is -2.54. The molecule has 138 valence electrons. The number of hydrogen-bond donors (Lipinski definition) is 1. The lowest BCUT2D eigenvalue weighted by Gasteiger charge is -2.24. The molecular formula is C17H15Cl2NO5S. The van der Waals surface area contributed by atoms with Gasteiger partial charge in [0.05, 0.1) is 12.0 Å². The van der Waals surface area contributed by atoms with E-state index in [0.29, 0.717) is 24.3 Å². The molecule has 1 heterocycles. The van der Waals surface area contributed by atoms with Crippen molar-refractivity contribution in [2.75, 3.05) is 11.8 Å². The molecule has 1 unspecified atom stereocenters. The first kappa shape index (κ1) is 18.8. The summed E-state index contributed by atoms with van der Waals surface area (Å²) in [6.07, 6.45) is 0.372. The lowest BCUT2D eigenvalue weighted by atomic mass is 10.0. The smallest absolute Gasteiger partial charge is 0.347 e. The van der Waals surface area contributed by atoms with Crippen LogP contribution in [0.3, 0.4) is 0 Å². The van der Waals surface area contributed by atoms with Crippen LogP contribution in [0, 0.1) is 0 Å². The van der Waals surface area contributed by atoms with Crippen LogP contribution in [0.25, 0.3) is 0 Å². The second-order valence-corrected chi connectivity index (χ2v) is 8.26. The van der Waals surface area contributed by atoms with E-state index < -0.39 is 22.1 Å². The van der Waals surface area contributed by atoms with Crippen LogP contribution in [0.5, 0.6) is 5.75 Å². The van der Waals surface area contributed by atoms with Crippen LogP contribution in [0.2, 0.25) is 10.0 Å². The van der Waals surface area contributed by atoms with Crippen molar-refractivity contribution in [3.8, 4) is 5.75 Å². The van der Waals surface area contributed by atoms with E-state index in [1.165, 1.54) is 25.3 Å². The predicted molar refractivity (Wildman–Crippen MR) is 98.5 cm³/mol. The molecule has 0 radical (unpaired) electrons. The minimum atomic E-state index is -3.85. The van der Waals surface area contributed by atoms with Gasteiger partial charge in [0, 0.05) is 15.7 Å². The number of carbonyl (C=O) groups is 1. The van der Waals surface area contributed by atoms with Crippen LogP contribution in [0.15, 0.2) is 41.3 Å². The number of sulfonamides is 1. The zero-order valence-corrected chi connectivity index (χ0v) is 16.0. The van der Waals surface area contributed by atoms with Gasteiger partial charge in [0.1, 0.15) is 5.75 Å². The van der Waals surface area contributed by atoms with Gasteiger partial charge in [-0.25, -0.2) is 13.2 Å². The lowest BCUT2D eigenvalue weighted by molar-refractivity contribution is -0.149. The second kappa shape index (κ2) is 7.34. The number of aryl methyl sites for hydroxylation is 1. The third kappa shape index (κ3) is 4.06. The lowest BCUT2D eigenvalue weighted by Crippen LogP contribution is -2.32. The fourth-order valence-electron chi connectivity index (χ4n) is 2.65. The van der Waals surface area contributed by atoms with Crippen LogP contribution >= 0.6 is 23.2 Å². The number of rotatable bonds is 4. The number of hydrogen-bond acceptors (Lipinski definition) is 5. The Morgan fingerprint density at radius 2 is 1.88 bits per heavy atom. The summed E-state index contributed by atoms with van der Waals surface area (Å²) < 4.78 is 37.8. The average Bonchev–Trinajstić information content (AvgIpc) is 2.59. The minimum absolute atomic E-state index is 0.0327. The van der Waals surface area contributed by atoms with Crippen molar-refractivity contribution in [1.82, 2.24) is 0 Å². The summed E-state index contributed by atoms with van der Waals surface area (Å²) in [4.78, 5) is 11.5. The standard InChI is InChI=1S/C17H15Cl2NO5S/c1-24-17(21)16-4-2-10-6-13(3-5-15(10)25-16)20-26(22,23)14-8-11(18)7-12(19)9-14/h3,5-9,16,20H,2,4H2,1H3. The highest BCUT2D eigenvalue weighted by molar-refractivity contribution is 7.92. The van der Waals surface area contributed by atoms with Crippen LogP contribution in [0.1, 0.15) is 12.0 Å². The number of anilines is 1. The van der Waals surface area contributed by atoms with Crippen molar-refractivity contribution < 1.29 is 22.7 Å². The molecule has 1 N–H and O–H groups in total. The summed E-state index contributed by atoms with van der Waals surface area (Å²) in [6, 6.07) is 8.94. The molecular weight excluding hydrogens is 401 g/mol. The van der Waals surface area contributed by atoms with Crippen molar-refractivity contribution in [2.24, 2.45) is 0 Å². The van der Waals surface area contributed by atoms with E-state index in [1.807, 2.05) is 0 Å². The van der Waals surface area contributed by atoms with E-state index in [-0.39, 0.29) is 14.9 Å². The highest BCUT2D eigenvalue weighted by Gasteiger charge is 2.27. The van der Waals surface area contributed by atoms with Crippen LogP contribution in [-0.2, 0) is 26.0 Å². The number of benzene rings is 2. The molecule has 0 bridgehead atoms. The average molecular weight is 416 g/mol. The third-order valence-electron chi connectivity index (χ3n) is 3.87. The van der Waals surface area contributed by atoms with E-state index in [2.05, 4.69) is 9.46 Å². The van der Waals surface area contributed by atoms with Gasteiger partial charge in [0.2, 0.25) is 0 Å². The van der Waals surface area contributed by atoms with Gasteiger partial charge in [-0.15, -0.1) is 0 Å². The maximum absolute atomic E-state index is 12.5. The monoisotopic (exact) mass is 415 g/mol. The van der Waals surface area contributed by atoms with Crippen molar-refractivity contribution in [3.63, 3.8) is 0 Å². The Balaban J connectivity index is 1.82. The number of halogens is 2. The molecule has 0 aromatic heterocycles. The summed E-state index contributed by atoms with van der Waals surface area (Å²) in [5.41, 5.74) is 1.18. The van der Waals surface area contributed by atoms with Gasteiger partial charge < -0.3 is 9.47 Å². The zero-order chi connectivity index (χ0) is 18.9. The minimum Gasteiger partial charge on any atom is -0.478 e. The van der Waals surface area contributed by atoms with Crippen molar-refractivity contribution >= 4 is 44.9 Å². The first-order chi connectivity index (χ1) is 12.3. The zero-order valence-electron chi connectivity index (χ0n) is 13.7. The Hall–Kier alpha value is -1.96. The molecule has 0 saturated carbocycles. The summed E-state index contributed by atoms with van der Waals surface area (Å²) >= 11 is 11.7. The summed E-state index contributed by atoms with van der Waals surface area (Å²) in [6.45, 7) is 0. The Morgan fingerprint density at radius 3 is 2.54 bits per heavy atom. The molecule has 0 amide bonds. The fraction of sp³-hybridized carbons (Fsp3) is 0.235. The molecule has 1 atom stereocenters. The van der Waals surface area contributed by atoms with Crippen LogP contribution in [0.4, 0.5) is 5.69 Å². The van der Waals surface area contributed by atoms with Gasteiger partial charge in [-0.2, -0.15) is 0 Å². The molecule has 0 saturated heterocycles. The molecule has 3 rings (SSSR count). The predicted octanol–water partition coefficient (Wildman–Crippen LogP) is 3.66. The number of methoxy groups -OCH3 is 1. The SMILES string of the molecule is COC(=O)C1CCc2cc(NS(=O)(=O)c3cc(Cl)cc(Cl)c3)ccc2O1. The molecule has 2 aromatic carbocycles. The van der Waals surface area contributed by atoms with E-state index in [4.69, 9.17) is 27.9 Å². The first-order valence-corrected chi connectivity index (χ1v) is 9.89. The quantitative estimate of drug-likeness (QED) is 0.770. The van der Waals surface area contributed by atoms with Crippen molar-refractivity contribution in [2.45, 2.75) is 23.8 Å². The Labute approximate surface area is 161 Å². The molecule has 6 nitrogen and oxygen atoms in total. The highest BCUT2D eigenvalue weighted by atomic mass is 35.5. The highest BCUT2D eigenvalue weighted by Crippen LogP contribution is 2.31. The largest absolute Gasteiger partial charge is 0.478 e. The van der Waals surface area contributed by atoms with Crippen LogP contribution < -0.4 is 9.46 Å². The summed E-state index contributed by atoms with van der Waals surface area (Å²) in [5.74, 6) is 0.0960. The Morgan fingerprint density at radius 1 is 1.19 bits per heavy atom. The second-order valence-electron chi connectivity index (χ2n) is 5.70. The number of nitrogens with one attached hydrogen (secondary N) is 1. The van der Waals surface area contributed by atoms with E-state index in [1.54, 1.807) is 18.2 Å². The van der Waals surface area contributed by atoms with Crippen LogP contribution in [-0.4, -0.2) is 27.6 Å². The Bertz CT molecular complexity index is 941. The van der Waals surface area contributed by atoms with Crippen molar-refractivity contribution in [1.29, 1.82) is 0 Å². The van der Waals surface area contributed by atoms with Crippen molar-refractivity contribution in [3.05, 3.63) is 52.0 Å². The number of ether oxygens (including phenoxy) is 2. The molecule has 1 aliphatic rings. The normalized spacial score (nSPS) is 16.3. The topological polar surface area (TPSA) is 81.7 Å². The van der Waals surface area contributed by atoms with Gasteiger partial charge in [-0.3, -0.25) is 4.72 Å². The Kier molecular flexibility index (Phi) is 5.32. The van der Waals surface area contributed by atoms with E-state index in [9.17, 15) is 13.2 Å². The first-order valence-electron chi connectivity index (χ1n) is 7.65. The number of carbonyl (C=O) groups excluding carboxylic acids is 1. The van der Waals surface area contributed by atoms with E-state index >= 15 is 0 Å². The molecule has 0 aliphatic carbocycles. The molecule has 26 heavy (non-hydrogen) atoms. The molecule has 0 spiro atoms. The molecule has 9 heteroatoms. The molecule has 1 aliphatic heterocycles. The maximum atomic E-state index is 12.5. The third-order valence-corrected chi connectivity index (χ3v) is 5.67. The summed E-state index contributed by atoms with van der Waals surface area (Å²) in [5, 5.41) is 0.455. The maximum Gasteiger partial charge on any atom is 0.347 e. The van der Waals surface area contributed by atoms with Gasteiger partial charge in [-0.05, 0) is 54.8 Å². The van der Waals surface area contributed by atoms with Gasteiger partial charge in [0.25, 0.3) is 10.0 Å². The van der Waals surface area contributed by atoms with Gasteiger partial charge >= 0.3 is 5.97 Å². The molecule has 0 fully saturated rings. The van der Waals surface area contributed by atoms with E-state index in [0.717, 1.165) is 5.56 Å². The fourth-order valence-corrected chi connectivity index (χ4v) is 4.42. The van der Waals surface area contributed by atoms with Gasteiger partial charge in [0.15, 0.2) is 6.10 Å².